The molecule has 27 heavy (non-hydrogen) atoms. The lowest BCUT2D eigenvalue weighted by Gasteiger charge is -2.41. The maximum absolute atomic E-state index is 12.8. The summed E-state index contributed by atoms with van der Waals surface area (Å²) in [5.41, 5.74) is 1.38. The number of methoxy groups -OCH3 is 2. The van der Waals surface area contributed by atoms with Crippen molar-refractivity contribution < 1.29 is 19.1 Å². The molecule has 2 saturated heterocycles. The zero-order chi connectivity index (χ0) is 18.6. The molecule has 5 aliphatic rings. The smallest absolute Gasteiger partial charge is 0.414 e. The average molecular weight is 366 g/mol. The van der Waals surface area contributed by atoms with Crippen LogP contribution in [0.2, 0.25) is 0 Å². The number of rotatable bonds is 1. The van der Waals surface area contributed by atoms with Crippen LogP contribution < -0.4 is 9.64 Å². The van der Waals surface area contributed by atoms with Gasteiger partial charge in [0.1, 0.15) is 5.75 Å². The van der Waals surface area contributed by atoms with Crippen molar-refractivity contribution in [1.82, 2.24) is 4.90 Å². The summed E-state index contributed by atoms with van der Waals surface area (Å²) in [7, 11) is 3.11. The predicted octanol–water partition coefficient (Wildman–Crippen LogP) is 2.61. The van der Waals surface area contributed by atoms with Gasteiger partial charge >= 0.3 is 6.09 Å². The molecule has 2 aliphatic carbocycles. The Kier molecular flexibility index (Phi) is 2.58. The van der Waals surface area contributed by atoms with Gasteiger partial charge in [-0.1, -0.05) is 12.2 Å². The highest BCUT2D eigenvalue weighted by Gasteiger charge is 2.86. The Labute approximate surface area is 157 Å². The van der Waals surface area contributed by atoms with Gasteiger partial charge in [0, 0.05) is 24.3 Å². The van der Waals surface area contributed by atoms with Gasteiger partial charge in [0.15, 0.2) is 0 Å². The van der Waals surface area contributed by atoms with Crippen molar-refractivity contribution in [3.05, 3.63) is 35.9 Å². The molecule has 1 saturated carbocycles. The largest absolute Gasteiger partial charge is 0.497 e. The maximum atomic E-state index is 12.8. The Balaban J connectivity index is 1.59. The molecule has 1 unspecified atom stereocenters. The highest BCUT2D eigenvalue weighted by atomic mass is 16.5. The van der Waals surface area contributed by atoms with Crippen molar-refractivity contribution in [3.63, 3.8) is 0 Å². The van der Waals surface area contributed by atoms with Gasteiger partial charge in [-0.2, -0.15) is 0 Å². The monoisotopic (exact) mass is 366 g/mol. The first kappa shape index (κ1) is 15.5. The summed E-state index contributed by atoms with van der Waals surface area (Å²) in [6, 6.07) is 5.94. The third-order valence-electron chi connectivity index (χ3n) is 7.96. The number of carbonyl (C=O) groups is 2. The minimum absolute atomic E-state index is 0.157. The van der Waals surface area contributed by atoms with Gasteiger partial charge in [0.25, 0.3) is 0 Å². The van der Waals surface area contributed by atoms with Gasteiger partial charge in [0.2, 0.25) is 5.91 Å². The number of benzene rings is 1. The lowest BCUT2D eigenvalue weighted by Crippen LogP contribution is -2.52. The molecule has 1 aromatic carbocycles. The Morgan fingerprint density at radius 2 is 2.07 bits per heavy atom. The van der Waals surface area contributed by atoms with Crippen LogP contribution >= 0.6 is 0 Å². The number of amides is 2. The van der Waals surface area contributed by atoms with E-state index in [2.05, 4.69) is 23.1 Å². The molecule has 2 amide bonds. The molecule has 6 heteroatoms. The molecule has 3 aliphatic heterocycles. The number of nitrogens with zero attached hydrogens (tertiary/aromatic N) is 2. The van der Waals surface area contributed by atoms with Crippen LogP contribution in [0, 0.1) is 5.92 Å². The molecule has 4 atom stereocenters. The lowest BCUT2D eigenvalue weighted by molar-refractivity contribution is -0.130. The number of hydrogen-bond donors (Lipinski definition) is 0. The maximum Gasteiger partial charge on any atom is 0.414 e. The fourth-order valence-electron chi connectivity index (χ4n) is 6.86. The van der Waals surface area contributed by atoms with Gasteiger partial charge in [-0.25, -0.2) is 4.79 Å². The number of anilines is 1. The van der Waals surface area contributed by atoms with E-state index >= 15 is 0 Å². The van der Waals surface area contributed by atoms with E-state index in [1.165, 1.54) is 7.11 Å². The Morgan fingerprint density at radius 1 is 1.22 bits per heavy atom. The molecule has 6 rings (SSSR count). The summed E-state index contributed by atoms with van der Waals surface area (Å²) >= 11 is 0. The second kappa shape index (κ2) is 4.49. The second-order valence-corrected chi connectivity index (χ2v) is 8.47. The molecule has 140 valence electrons. The summed E-state index contributed by atoms with van der Waals surface area (Å²) < 4.78 is 10.7. The minimum Gasteiger partial charge on any atom is -0.497 e. The van der Waals surface area contributed by atoms with Crippen LogP contribution in [-0.4, -0.2) is 48.7 Å². The molecule has 0 aromatic heterocycles. The zero-order valence-corrected chi connectivity index (χ0v) is 15.5. The first-order valence-corrected chi connectivity index (χ1v) is 9.62. The summed E-state index contributed by atoms with van der Waals surface area (Å²) in [6.45, 7) is 0.743. The summed E-state index contributed by atoms with van der Waals surface area (Å²) in [5, 5.41) is 0. The molecule has 3 spiro atoms. The number of carbonyl (C=O) groups excluding carboxylic acids is 2. The SMILES string of the molecule is COC(=O)N1c2ccc(OC)cc2[C@]23CCN4C(=O)CC[C@]45C=C[C@]12C3C5. The first-order valence-electron chi connectivity index (χ1n) is 9.62. The van der Waals surface area contributed by atoms with E-state index in [1.54, 1.807) is 7.11 Å². The van der Waals surface area contributed by atoms with Gasteiger partial charge in [-0.3, -0.25) is 9.69 Å². The molecule has 1 aromatic rings. The molecule has 2 bridgehead atoms. The third-order valence-corrected chi connectivity index (χ3v) is 7.96. The normalized spacial score (nSPS) is 39.5. The molecule has 0 N–H and O–H groups in total. The van der Waals surface area contributed by atoms with Crippen LogP contribution in [-0.2, 0) is 14.9 Å². The molecule has 3 fully saturated rings. The van der Waals surface area contributed by atoms with E-state index in [-0.39, 0.29) is 28.5 Å². The summed E-state index contributed by atoms with van der Waals surface area (Å²) in [5.74, 6) is 1.37. The van der Waals surface area contributed by atoms with E-state index in [0.29, 0.717) is 12.3 Å². The first-order chi connectivity index (χ1) is 13.0. The fraction of sp³-hybridized carbons (Fsp3) is 0.524. The molecule has 6 nitrogen and oxygen atoms in total. The van der Waals surface area contributed by atoms with Crippen LogP contribution in [0.5, 0.6) is 5.75 Å². The van der Waals surface area contributed by atoms with Crippen LogP contribution in [0.15, 0.2) is 30.4 Å². The van der Waals surface area contributed by atoms with Crippen LogP contribution in [0.1, 0.15) is 31.2 Å². The molecular weight excluding hydrogens is 344 g/mol. The average Bonchev–Trinajstić information content (AvgIpc) is 3.09. The van der Waals surface area contributed by atoms with Crippen molar-refractivity contribution in [2.45, 2.75) is 42.2 Å². The van der Waals surface area contributed by atoms with E-state index in [9.17, 15) is 9.59 Å². The Morgan fingerprint density at radius 3 is 2.85 bits per heavy atom. The van der Waals surface area contributed by atoms with Crippen LogP contribution in [0.4, 0.5) is 10.5 Å². The van der Waals surface area contributed by atoms with Crippen molar-refractivity contribution >= 4 is 17.7 Å². The number of hydrogen-bond acceptors (Lipinski definition) is 4. The predicted molar refractivity (Wildman–Crippen MR) is 97.8 cm³/mol. The van der Waals surface area contributed by atoms with Crippen molar-refractivity contribution in [3.8, 4) is 5.75 Å². The highest BCUT2D eigenvalue weighted by molar-refractivity contribution is 5.99. The van der Waals surface area contributed by atoms with Gasteiger partial charge in [-0.05, 0) is 43.0 Å². The van der Waals surface area contributed by atoms with Crippen molar-refractivity contribution in [2.24, 2.45) is 5.92 Å². The summed E-state index contributed by atoms with van der Waals surface area (Å²) in [6.07, 6.45) is 7.41. The van der Waals surface area contributed by atoms with Crippen LogP contribution in [0.25, 0.3) is 0 Å². The quantitative estimate of drug-likeness (QED) is 0.717. The van der Waals surface area contributed by atoms with Crippen molar-refractivity contribution in [2.75, 3.05) is 25.7 Å². The lowest BCUT2D eigenvalue weighted by atomic mass is 9.82. The van der Waals surface area contributed by atoms with Gasteiger partial charge in [0.05, 0.1) is 31.0 Å². The molecule has 3 heterocycles. The minimum atomic E-state index is -0.363. The second-order valence-electron chi connectivity index (χ2n) is 8.47. The number of fused-ring (bicyclic) bond motifs is 1. The highest BCUT2D eigenvalue weighted by Crippen LogP contribution is 2.80. The van der Waals surface area contributed by atoms with E-state index in [4.69, 9.17) is 9.47 Å². The van der Waals surface area contributed by atoms with Crippen molar-refractivity contribution in [1.29, 1.82) is 0 Å². The zero-order valence-electron chi connectivity index (χ0n) is 15.5. The molecule has 0 radical (unpaired) electrons. The Hall–Kier alpha value is -2.50. The Bertz CT molecular complexity index is 942. The van der Waals surface area contributed by atoms with Crippen LogP contribution in [0.3, 0.4) is 0 Å². The van der Waals surface area contributed by atoms with E-state index < -0.39 is 0 Å². The van der Waals surface area contributed by atoms with E-state index in [0.717, 1.165) is 42.8 Å². The fourth-order valence-corrected chi connectivity index (χ4v) is 6.86. The van der Waals surface area contributed by atoms with Gasteiger partial charge < -0.3 is 14.4 Å². The standard InChI is InChI=1S/C21H22N2O4/c1-26-13-3-4-15-14(11-13)20-9-10-22-17(24)5-6-19(22)7-8-21(20,16(20)12-19)23(15)18(25)27-2/h3-4,7-8,11,16H,5-6,9-10,12H2,1-2H3/t16?,19-,20+,21-/m1/s1. The van der Waals surface area contributed by atoms with E-state index in [1.807, 2.05) is 17.0 Å². The number of ether oxygens (including phenoxy) is 2. The summed E-state index contributed by atoms with van der Waals surface area (Å²) in [4.78, 5) is 29.3. The third kappa shape index (κ3) is 1.42. The van der Waals surface area contributed by atoms with Gasteiger partial charge in [-0.15, -0.1) is 0 Å². The topological polar surface area (TPSA) is 59.1 Å². The molecular formula is C21H22N2O4.